The maximum atomic E-state index is 12.4. The van der Waals surface area contributed by atoms with Crippen molar-refractivity contribution in [3.63, 3.8) is 0 Å². The fourth-order valence-electron chi connectivity index (χ4n) is 2.28. The average Bonchev–Trinajstić information content (AvgIpc) is 2.93. The summed E-state index contributed by atoms with van der Waals surface area (Å²) in [6, 6.07) is 9.76. The smallest absolute Gasteiger partial charge is 0.269 e. The molecule has 1 aromatic carbocycles. The lowest BCUT2D eigenvalue weighted by atomic mass is 10.1. The van der Waals surface area contributed by atoms with Gasteiger partial charge in [-0.25, -0.2) is 0 Å². The van der Waals surface area contributed by atoms with Crippen LogP contribution in [-0.2, 0) is 4.74 Å². The number of aromatic nitrogens is 1. The molecule has 0 aliphatic heterocycles. The molecule has 5 nitrogen and oxygen atoms in total. The molecule has 114 valence electrons. The highest BCUT2D eigenvalue weighted by molar-refractivity contribution is 5.96. The first-order chi connectivity index (χ1) is 10.6. The van der Waals surface area contributed by atoms with E-state index in [1.165, 1.54) is 0 Å². The number of nitrogens with one attached hydrogen (secondary N) is 1. The number of hydrogen-bond donors (Lipinski definition) is 1. The van der Waals surface area contributed by atoms with Crippen LogP contribution in [0.3, 0.4) is 0 Å². The molecule has 0 atom stereocenters. The molecule has 0 unspecified atom stereocenters. The van der Waals surface area contributed by atoms with E-state index in [0.29, 0.717) is 24.4 Å². The third-order valence-electron chi connectivity index (χ3n) is 3.44. The molecule has 0 saturated carbocycles. The van der Waals surface area contributed by atoms with Crippen LogP contribution in [0.25, 0.3) is 5.69 Å². The molecule has 0 saturated heterocycles. The molecule has 0 aliphatic carbocycles. The van der Waals surface area contributed by atoms with Crippen molar-refractivity contribution < 1.29 is 9.53 Å². The zero-order valence-electron chi connectivity index (χ0n) is 13.0. The summed E-state index contributed by atoms with van der Waals surface area (Å²) in [6.45, 7) is 4.80. The van der Waals surface area contributed by atoms with Crippen molar-refractivity contribution >= 4 is 5.91 Å². The molecule has 1 N–H and O–H groups in total. The highest BCUT2D eigenvalue weighted by atomic mass is 16.5. The van der Waals surface area contributed by atoms with Crippen molar-refractivity contribution in [2.24, 2.45) is 0 Å². The maximum absolute atomic E-state index is 12.4. The Morgan fingerprint density at radius 1 is 1.36 bits per heavy atom. The minimum Gasteiger partial charge on any atom is -0.383 e. The Labute approximate surface area is 130 Å². The molecule has 0 spiro atoms. The molecule has 1 amide bonds. The second-order valence-corrected chi connectivity index (χ2v) is 5.10. The summed E-state index contributed by atoms with van der Waals surface area (Å²) in [4.78, 5) is 12.4. The van der Waals surface area contributed by atoms with Gasteiger partial charge in [-0.3, -0.25) is 4.79 Å². The minimum absolute atomic E-state index is 0.278. The number of carbonyl (C=O) groups is 1. The molecule has 1 heterocycles. The van der Waals surface area contributed by atoms with Crippen molar-refractivity contribution in [3.8, 4) is 11.8 Å². The van der Waals surface area contributed by atoms with Gasteiger partial charge in [0.1, 0.15) is 11.8 Å². The fraction of sp³-hybridized carbons (Fsp3) is 0.294. The lowest BCUT2D eigenvalue weighted by molar-refractivity contribution is 0.0930. The summed E-state index contributed by atoms with van der Waals surface area (Å²) in [5.41, 5.74) is 3.75. The third kappa shape index (κ3) is 3.18. The number of nitriles is 1. The topological polar surface area (TPSA) is 67.0 Å². The van der Waals surface area contributed by atoms with Crippen LogP contribution in [0.4, 0.5) is 0 Å². The Hall–Kier alpha value is -2.58. The maximum Gasteiger partial charge on any atom is 0.269 e. The SMILES string of the molecule is COCCNC(=O)c1c(C#N)ccn1-c1cc(C)ccc1C. The number of ether oxygens (including phenoxy) is 1. The van der Waals surface area contributed by atoms with Gasteiger partial charge < -0.3 is 14.6 Å². The van der Waals surface area contributed by atoms with Crippen molar-refractivity contribution in [2.45, 2.75) is 13.8 Å². The largest absolute Gasteiger partial charge is 0.383 e. The van der Waals surface area contributed by atoms with Gasteiger partial charge in [0.15, 0.2) is 0 Å². The molecule has 2 aromatic rings. The van der Waals surface area contributed by atoms with E-state index in [4.69, 9.17) is 4.74 Å². The van der Waals surface area contributed by atoms with E-state index >= 15 is 0 Å². The molecule has 1 aromatic heterocycles. The molecule has 0 fully saturated rings. The standard InChI is InChI=1S/C17H19N3O2/c1-12-4-5-13(2)15(10-12)20-8-6-14(11-18)16(20)17(21)19-7-9-22-3/h4-6,8,10H,7,9H2,1-3H3,(H,19,21). The molecule has 2 rings (SSSR count). The second kappa shape index (κ2) is 6.92. The van der Waals surface area contributed by atoms with Gasteiger partial charge in [-0.2, -0.15) is 5.26 Å². The molecule has 0 bridgehead atoms. The van der Waals surface area contributed by atoms with Gasteiger partial charge in [0.05, 0.1) is 12.2 Å². The van der Waals surface area contributed by atoms with Crippen LogP contribution in [0.5, 0.6) is 0 Å². The van der Waals surface area contributed by atoms with Gasteiger partial charge in [-0.05, 0) is 37.1 Å². The van der Waals surface area contributed by atoms with Crippen LogP contribution in [0.15, 0.2) is 30.5 Å². The summed E-state index contributed by atoms with van der Waals surface area (Å²) in [5.74, 6) is -0.278. The molecule has 0 radical (unpaired) electrons. The van der Waals surface area contributed by atoms with E-state index in [2.05, 4.69) is 11.4 Å². The summed E-state index contributed by atoms with van der Waals surface area (Å²) < 4.78 is 6.70. The molecule has 5 heteroatoms. The lowest BCUT2D eigenvalue weighted by Crippen LogP contribution is -2.29. The number of amides is 1. The van der Waals surface area contributed by atoms with E-state index in [1.807, 2.05) is 32.0 Å². The monoisotopic (exact) mass is 297 g/mol. The second-order valence-electron chi connectivity index (χ2n) is 5.10. The Bertz CT molecular complexity index is 726. The number of nitrogens with zero attached hydrogens (tertiary/aromatic N) is 2. The number of hydrogen-bond acceptors (Lipinski definition) is 3. The first kappa shape index (κ1) is 15.8. The van der Waals surface area contributed by atoms with Gasteiger partial charge in [-0.15, -0.1) is 0 Å². The molecular weight excluding hydrogens is 278 g/mol. The summed E-state index contributed by atoms with van der Waals surface area (Å²) in [5, 5.41) is 12.0. The number of methoxy groups -OCH3 is 1. The predicted octanol–water partition coefficient (Wildman–Crippen LogP) is 2.34. The summed E-state index contributed by atoms with van der Waals surface area (Å²) >= 11 is 0. The summed E-state index contributed by atoms with van der Waals surface area (Å²) in [6.07, 6.45) is 1.76. The number of carbonyl (C=O) groups excluding carboxylic acids is 1. The van der Waals surface area contributed by atoms with Crippen molar-refractivity contribution in [2.75, 3.05) is 20.3 Å². The lowest BCUT2D eigenvalue weighted by Gasteiger charge is -2.13. The van der Waals surface area contributed by atoms with E-state index in [9.17, 15) is 10.1 Å². The quantitative estimate of drug-likeness (QED) is 0.861. The van der Waals surface area contributed by atoms with Crippen molar-refractivity contribution in [1.82, 2.24) is 9.88 Å². The number of aryl methyl sites for hydroxylation is 2. The van der Waals surface area contributed by atoms with Gasteiger partial charge >= 0.3 is 0 Å². The van der Waals surface area contributed by atoms with Crippen LogP contribution in [-0.4, -0.2) is 30.7 Å². The van der Waals surface area contributed by atoms with Crippen molar-refractivity contribution in [3.05, 3.63) is 52.8 Å². The molecule has 22 heavy (non-hydrogen) atoms. The van der Waals surface area contributed by atoms with Gasteiger partial charge in [0, 0.05) is 25.5 Å². The Balaban J connectivity index is 2.45. The molecule has 0 aliphatic rings. The Morgan fingerprint density at radius 2 is 2.14 bits per heavy atom. The van der Waals surface area contributed by atoms with Crippen LogP contribution >= 0.6 is 0 Å². The third-order valence-corrected chi connectivity index (χ3v) is 3.44. The van der Waals surface area contributed by atoms with Crippen LogP contribution < -0.4 is 5.32 Å². The first-order valence-electron chi connectivity index (χ1n) is 7.04. The first-order valence-corrected chi connectivity index (χ1v) is 7.04. The highest BCUT2D eigenvalue weighted by Crippen LogP contribution is 2.21. The zero-order chi connectivity index (χ0) is 16.1. The fourth-order valence-corrected chi connectivity index (χ4v) is 2.28. The predicted molar refractivity (Wildman–Crippen MR) is 84.2 cm³/mol. The van der Waals surface area contributed by atoms with E-state index in [-0.39, 0.29) is 5.91 Å². The van der Waals surface area contributed by atoms with E-state index in [1.54, 1.807) is 23.9 Å². The number of benzene rings is 1. The van der Waals surface area contributed by atoms with Crippen LogP contribution in [0.2, 0.25) is 0 Å². The van der Waals surface area contributed by atoms with Gasteiger partial charge in [-0.1, -0.05) is 12.1 Å². The van der Waals surface area contributed by atoms with Crippen LogP contribution in [0, 0.1) is 25.2 Å². The molecular formula is C17H19N3O2. The van der Waals surface area contributed by atoms with Crippen molar-refractivity contribution in [1.29, 1.82) is 5.26 Å². The van der Waals surface area contributed by atoms with Gasteiger partial charge in [0.25, 0.3) is 5.91 Å². The number of rotatable bonds is 5. The normalized spacial score (nSPS) is 10.3. The highest BCUT2D eigenvalue weighted by Gasteiger charge is 2.18. The van der Waals surface area contributed by atoms with Gasteiger partial charge in [0.2, 0.25) is 0 Å². The van der Waals surface area contributed by atoms with Crippen LogP contribution in [0.1, 0.15) is 27.2 Å². The summed E-state index contributed by atoms with van der Waals surface area (Å²) in [7, 11) is 1.58. The Morgan fingerprint density at radius 3 is 2.82 bits per heavy atom. The average molecular weight is 297 g/mol. The Kier molecular flexibility index (Phi) is 4.97. The van der Waals surface area contributed by atoms with E-state index in [0.717, 1.165) is 16.8 Å². The zero-order valence-corrected chi connectivity index (χ0v) is 13.0. The minimum atomic E-state index is -0.278. The van der Waals surface area contributed by atoms with E-state index < -0.39 is 0 Å².